The van der Waals surface area contributed by atoms with E-state index in [4.69, 9.17) is 11.6 Å². The van der Waals surface area contributed by atoms with Crippen LogP contribution in [-0.2, 0) is 23.3 Å². The Bertz CT molecular complexity index is 1400. The smallest absolute Gasteiger partial charge is 0.298 e. The highest BCUT2D eigenvalue weighted by Gasteiger charge is 2.26. The zero-order valence-corrected chi connectivity index (χ0v) is 20.7. The van der Waals surface area contributed by atoms with Crippen molar-refractivity contribution in [3.63, 3.8) is 0 Å². The van der Waals surface area contributed by atoms with Crippen LogP contribution in [0, 0.1) is 12.7 Å². The van der Waals surface area contributed by atoms with E-state index in [1.165, 1.54) is 21.4 Å². The van der Waals surface area contributed by atoms with Crippen molar-refractivity contribution < 1.29 is 9.18 Å². The zero-order chi connectivity index (χ0) is 25.2. The lowest BCUT2D eigenvalue weighted by molar-refractivity contribution is -0.120. The summed E-state index contributed by atoms with van der Waals surface area (Å²) in [5.74, 6) is -0.0223. The van der Waals surface area contributed by atoms with E-state index in [1.54, 1.807) is 36.4 Å². The van der Waals surface area contributed by atoms with Gasteiger partial charge in [-0.2, -0.15) is 0 Å². The maximum absolute atomic E-state index is 13.4. The predicted molar refractivity (Wildman–Crippen MR) is 136 cm³/mol. The molecule has 1 heterocycles. The Morgan fingerprint density at radius 1 is 1.03 bits per heavy atom. The van der Waals surface area contributed by atoms with E-state index < -0.39 is 5.69 Å². The van der Waals surface area contributed by atoms with Crippen molar-refractivity contribution in [1.29, 1.82) is 0 Å². The molecule has 1 aromatic heterocycles. The van der Waals surface area contributed by atoms with E-state index >= 15 is 0 Å². The third-order valence-electron chi connectivity index (χ3n) is 6.04. The zero-order valence-electron chi connectivity index (χ0n) is 20.0. The first-order chi connectivity index (χ1) is 16.6. The van der Waals surface area contributed by atoms with Crippen LogP contribution in [0.5, 0.6) is 0 Å². The van der Waals surface area contributed by atoms with Gasteiger partial charge in [0, 0.05) is 17.0 Å². The van der Waals surface area contributed by atoms with E-state index in [-0.39, 0.29) is 36.5 Å². The van der Waals surface area contributed by atoms with Crippen molar-refractivity contribution in [1.82, 2.24) is 14.3 Å². The summed E-state index contributed by atoms with van der Waals surface area (Å²) in [7, 11) is 0. The van der Waals surface area contributed by atoms with Crippen LogP contribution in [-0.4, -0.2) is 20.1 Å². The molecule has 35 heavy (non-hydrogen) atoms. The summed E-state index contributed by atoms with van der Waals surface area (Å²) in [5, 5.41) is 5.07. The second kappa shape index (κ2) is 10.0. The molecule has 0 unspecified atom stereocenters. The first-order valence-electron chi connectivity index (χ1n) is 11.4. The van der Waals surface area contributed by atoms with Gasteiger partial charge < -0.3 is 0 Å². The summed E-state index contributed by atoms with van der Waals surface area (Å²) in [6.45, 7) is 6.13. The molecule has 0 aliphatic heterocycles. The minimum absolute atomic E-state index is 0.0901. The number of hydrogen-bond acceptors (Lipinski definition) is 3. The van der Waals surface area contributed by atoms with Crippen LogP contribution in [0.4, 0.5) is 4.39 Å². The molecule has 0 saturated heterocycles. The summed E-state index contributed by atoms with van der Waals surface area (Å²) >= 11 is 6.04. The average Bonchev–Trinajstić information content (AvgIpc) is 3.10. The molecule has 0 saturated carbocycles. The number of aryl methyl sites for hydroxylation is 1. The molecule has 0 radical (unpaired) electrons. The number of hydrogen-bond donors (Lipinski definition) is 0. The first kappa shape index (κ1) is 24.6. The molecule has 0 fully saturated rings. The monoisotopic (exact) mass is 491 g/mol. The van der Waals surface area contributed by atoms with Crippen LogP contribution in [0.15, 0.2) is 77.6 Å². The van der Waals surface area contributed by atoms with Crippen LogP contribution >= 0.6 is 11.6 Å². The number of aromatic nitrogens is 3. The summed E-state index contributed by atoms with van der Waals surface area (Å²) in [4.78, 5) is 26.4. The van der Waals surface area contributed by atoms with Gasteiger partial charge in [0.15, 0.2) is 11.6 Å². The highest BCUT2D eigenvalue weighted by Crippen LogP contribution is 2.28. The van der Waals surface area contributed by atoms with E-state index in [0.29, 0.717) is 16.4 Å². The van der Waals surface area contributed by atoms with Crippen LogP contribution in [0.25, 0.3) is 11.4 Å². The van der Waals surface area contributed by atoms with Gasteiger partial charge in [-0.3, -0.25) is 9.36 Å². The van der Waals surface area contributed by atoms with Gasteiger partial charge in [0.1, 0.15) is 12.4 Å². The molecule has 4 aromatic rings. The Labute approximate surface area is 208 Å². The van der Waals surface area contributed by atoms with Crippen LogP contribution in [0.3, 0.4) is 0 Å². The minimum atomic E-state index is -0.402. The minimum Gasteiger partial charge on any atom is -0.298 e. The van der Waals surface area contributed by atoms with E-state index in [0.717, 1.165) is 16.7 Å². The fraction of sp³-hybridized carbons (Fsp3) is 0.250. The van der Waals surface area contributed by atoms with Gasteiger partial charge in [0.05, 0.1) is 6.54 Å². The summed E-state index contributed by atoms with van der Waals surface area (Å²) in [6.07, 6.45) is 0.268. The van der Waals surface area contributed by atoms with Crippen molar-refractivity contribution in [3.05, 3.63) is 111 Å². The van der Waals surface area contributed by atoms with Crippen molar-refractivity contribution in [3.8, 4) is 11.4 Å². The van der Waals surface area contributed by atoms with Crippen LogP contribution in [0.1, 0.15) is 37.0 Å². The number of ketones is 1. The normalized spacial score (nSPS) is 11.6. The fourth-order valence-electron chi connectivity index (χ4n) is 4.16. The molecule has 0 aliphatic rings. The molecule has 7 heteroatoms. The second-order valence-corrected chi connectivity index (χ2v) is 9.89. The van der Waals surface area contributed by atoms with Gasteiger partial charge in [-0.05, 0) is 59.9 Å². The number of rotatable bonds is 8. The van der Waals surface area contributed by atoms with Crippen molar-refractivity contribution in [2.45, 2.75) is 45.7 Å². The molecule has 3 aromatic carbocycles. The Morgan fingerprint density at radius 2 is 1.71 bits per heavy atom. The maximum atomic E-state index is 13.4. The van der Waals surface area contributed by atoms with Gasteiger partial charge in [-0.15, -0.1) is 5.10 Å². The van der Waals surface area contributed by atoms with E-state index in [1.807, 2.05) is 39.0 Å². The SMILES string of the molecule is Cc1cccc(C(C)(C)CC(=O)Cn2nc(-c3ccc(Cl)cc3)n(Cc3ccc(F)cc3)c2=O)c1. The quantitative estimate of drug-likeness (QED) is 0.313. The maximum Gasteiger partial charge on any atom is 0.346 e. The molecule has 5 nitrogen and oxygen atoms in total. The van der Waals surface area contributed by atoms with Crippen molar-refractivity contribution in [2.75, 3.05) is 0 Å². The van der Waals surface area contributed by atoms with Gasteiger partial charge in [0.2, 0.25) is 0 Å². The largest absolute Gasteiger partial charge is 0.346 e. The molecule has 0 bridgehead atoms. The summed E-state index contributed by atoms with van der Waals surface area (Å²) < 4.78 is 16.1. The molecular weight excluding hydrogens is 465 g/mol. The lowest BCUT2D eigenvalue weighted by Gasteiger charge is -2.24. The standard InChI is InChI=1S/C28H27ClFN3O2/c1-19-5-4-6-22(15-19)28(2,3)16-25(34)18-33-27(35)32(17-20-7-13-24(30)14-8-20)26(31-33)21-9-11-23(29)12-10-21/h4-15H,16-18H2,1-3H3. The Hall–Kier alpha value is -3.51. The number of carbonyl (C=O) groups is 1. The molecule has 0 spiro atoms. The molecule has 180 valence electrons. The number of benzene rings is 3. The third kappa shape index (κ3) is 5.77. The lowest BCUT2D eigenvalue weighted by Crippen LogP contribution is -2.30. The first-order valence-corrected chi connectivity index (χ1v) is 11.8. The molecule has 0 atom stereocenters. The fourth-order valence-corrected chi connectivity index (χ4v) is 4.28. The highest BCUT2D eigenvalue weighted by atomic mass is 35.5. The van der Waals surface area contributed by atoms with Gasteiger partial charge in [-0.1, -0.05) is 67.4 Å². The number of Topliss-reactive ketones (excluding diaryl/α,β-unsaturated/α-hetero) is 1. The van der Waals surface area contributed by atoms with Gasteiger partial charge >= 0.3 is 5.69 Å². The molecule has 0 amide bonds. The van der Waals surface area contributed by atoms with E-state index in [9.17, 15) is 14.0 Å². The third-order valence-corrected chi connectivity index (χ3v) is 6.30. The molecule has 4 rings (SSSR count). The van der Waals surface area contributed by atoms with Gasteiger partial charge in [-0.25, -0.2) is 13.9 Å². The van der Waals surface area contributed by atoms with Crippen molar-refractivity contribution in [2.24, 2.45) is 0 Å². The number of halogens is 2. The average molecular weight is 492 g/mol. The topological polar surface area (TPSA) is 56.9 Å². The van der Waals surface area contributed by atoms with Crippen LogP contribution < -0.4 is 5.69 Å². The van der Waals surface area contributed by atoms with Crippen LogP contribution in [0.2, 0.25) is 5.02 Å². The molecule has 0 N–H and O–H groups in total. The summed E-state index contributed by atoms with van der Waals surface area (Å²) in [6, 6.07) is 21.0. The summed E-state index contributed by atoms with van der Waals surface area (Å²) in [5.41, 5.74) is 2.85. The Kier molecular flexibility index (Phi) is 7.03. The highest BCUT2D eigenvalue weighted by molar-refractivity contribution is 6.30. The number of carbonyl (C=O) groups excluding carboxylic acids is 1. The number of nitrogens with zero attached hydrogens (tertiary/aromatic N) is 3. The molecular formula is C28H27ClFN3O2. The Balaban J connectivity index is 1.64. The second-order valence-electron chi connectivity index (χ2n) is 9.45. The predicted octanol–water partition coefficient (Wildman–Crippen LogP) is 5.80. The lowest BCUT2D eigenvalue weighted by atomic mass is 9.79. The Morgan fingerprint density at radius 3 is 2.37 bits per heavy atom. The molecule has 0 aliphatic carbocycles. The van der Waals surface area contributed by atoms with Crippen molar-refractivity contribution >= 4 is 17.4 Å². The van der Waals surface area contributed by atoms with Gasteiger partial charge in [0.25, 0.3) is 0 Å². The van der Waals surface area contributed by atoms with E-state index in [2.05, 4.69) is 11.2 Å².